The van der Waals surface area contributed by atoms with Crippen molar-refractivity contribution in [3.63, 3.8) is 0 Å². The number of halogens is 1. The van der Waals surface area contributed by atoms with E-state index in [2.05, 4.69) is 10.6 Å². The van der Waals surface area contributed by atoms with Crippen LogP contribution in [0.1, 0.15) is 24.1 Å². The number of hydrogen-bond acceptors (Lipinski definition) is 2. The Morgan fingerprint density at radius 2 is 1.48 bits per heavy atom. The molecular weight excluding hydrogens is 393 g/mol. The molecule has 0 aliphatic heterocycles. The summed E-state index contributed by atoms with van der Waals surface area (Å²) in [6.45, 7) is 1.86. The predicted octanol–water partition coefficient (Wildman–Crippen LogP) is 2.57. The minimum absolute atomic E-state index is 0.0758. The molecule has 0 saturated carbocycles. The van der Waals surface area contributed by atoms with E-state index in [1.165, 1.54) is 18.2 Å². The van der Waals surface area contributed by atoms with Gasteiger partial charge in [0.2, 0.25) is 0 Å². The lowest BCUT2D eigenvalue weighted by atomic mass is 9.98. The van der Waals surface area contributed by atoms with Gasteiger partial charge in [-0.25, -0.2) is 4.39 Å². The van der Waals surface area contributed by atoms with Gasteiger partial charge in [-0.15, -0.1) is 0 Å². The number of rotatable bonds is 8. The van der Waals surface area contributed by atoms with Crippen LogP contribution in [-0.2, 0) is 9.59 Å². The Bertz CT molecular complexity index is 972. The molecule has 0 aliphatic carbocycles. The highest BCUT2D eigenvalue weighted by atomic mass is 19.1. The van der Waals surface area contributed by atoms with Crippen LogP contribution in [0.4, 0.5) is 10.1 Å². The molecule has 0 fully saturated rings. The van der Waals surface area contributed by atoms with Gasteiger partial charge in [-0.1, -0.05) is 66.7 Å². The summed E-state index contributed by atoms with van der Waals surface area (Å²) >= 11 is 0. The summed E-state index contributed by atoms with van der Waals surface area (Å²) in [5.74, 6) is -0.863. The lowest BCUT2D eigenvalue weighted by molar-refractivity contribution is -0.885. The second kappa shape index (κ2) is 10.5. The fourth-order valence-corrected chi connectivity index (χ4v) is 3.32. The van der Waals surface area contributed by atoms with E-state index in [0.29, 0.717) is 5.69 Å². The molecule has 5 nitrogen and oxygen atoms in total. The van der Waals surface area contributed by atoms with E-state index in [9.17, 15) is 14.0 Å². The van der Waals surface area contributed by atoms with E-state index >= 15 is 0 Å². The SMILES string of the molecule is C[C@H](C(=O)NC(c1ccccc1)c1ccccc1)[NH+](C)CC(=O)Nc1cccc(F)c1. The zero-order valence-corrected chi connectivity index (χ0v) is 17.6. The quantitative estimate of drug-likeness (QED) is 0.525. The topological polar surface area (TPSA) is 62.6 Å². The lowest BCUT2D eigenvalue weighted by Crippen LogP contribution is -3.15. The molecule has 6 heteroatoms. The molecule has 160 valence electrons. The summed E-state index contributed by atoms with van der Waals surface area (Å²) in [6.07, 6.45) is 0. The van der Waals surface area contributed by atoms with Gasteiger partial charge in [-0.3, -0.25) is 9.59 Å². The molecule has 0 heterocycles. The van der Waals surface area contributed by atoms with Gasteiger partial charge in [0.05, 0.1) is 13.1 Å². The Kier molecular flexibility index (Phi) is 7.51. The second-order valence-corrected chi connectivity index (χ2v) is 7.57. The number of benzene rings is 3. The first-order valence-corrected chi connectivity index (χ1v) is 10.2. The number of carbonyl (C=O) groups is 2. The summed E-state index contributed by atoms with van der Waals surface area (Å²) in [4.78, 5) is 26.1. The molecule has 0 spiro atoms. The minimum atomic E-state index is -0.465. The monoisotopic (exact) mass is 420 g/mol. The Balaban J connectivity index is 1.65. The van der Waals surface area contributed by atoms with Crippen LogP contribution in [0.2, 0.25) is 0 Å². The van der Waals surface area contributed by atoms with Crippen LogP contribution in [-0.4, -0.2) is 31.4 Å². The van der Waals surface area contributed by atoms with Gasteiger partial charge in [0, 0.05) is 5.69 Å². The van der Waals surface area contributed by atoms with Crippen molar-refractivity contribution >= 4 is 17.5 Å². The van der Waals surface area contributed by atoms with Crippen molar-refractivity contribution in [2.75, 3.05) is 18.9 Å². The summed E-state index contributed by atoms with van der Waals surface area (Å²) in [6, 6.07) is 24.5. The molecule has 2 atom stereocenters. The van der Waals surface area contributed by atoms with Crippen LogP contribution in [0.15, 0.2) is 84.9 Å². The average molecular weight is 421 g/mol. The van der Waals surface area contributed by atoms with E-state index in [-0.39, 0.29) is 24.4 Å². The Morgan fingerprint density at radius 3 is 2.03 bits per heavy atom. The Labute approximate surface area is 181 Å². The van der Waals surface area contributed by atoms with Crippen molar-refractivity contribution in [2.45, 2.75) is 19.0 Å². The first kappa shape index (κ1) is 22.2. The summed E-state index contributed by atoms with van der Waals surface area (Å²) < 4.78 is 13.3. The van der Waals surface area contributed by atoms with Crippen LogP contribution >= 0.6 is 0 Å². The highest BCUT2D eigenvalue weighted by molar-refractivity contribution is 5.91. The number of nitrogens with one attached hydrogen (secondary N) is 3. The summed E-state index contributed by atoms with van der Waals surface area (Å²) in [5.41, 5.74) is 2.36. The fourth-order valence-electron chi connectivity index (χ4n) is 3.32. The number of amides is 2. The summed E-state index contributed by atoms with van der Waals surface area (Å²) in [5, 5.41) is 5.79. The molecule has 0 saturated heterocycles. The van der Waals surface area contributed by atoms with Crippen LogP contribution < -0.4 is 15.5 Å². The molecule has 3 rings (SSSR count). The maximum absolute atomic E-state index is 13.3. The van der Waals surface area contributed by atoms with Crippen LogP contribution in [0, 0.1) is 5.82 Å². The van der Waals surface area contributed by atoms with Crippen molar-refractivity contribution in [2.24, 2.45) is 0 Å². The van der Waals surface area contributed by atoms with E-state index in [1.54, 1.807) is 20.0 Å². The normalized spacial score (nSPS) is 12.8. The van der Waals surface area contributed by atoms with Gasteiger partial charge in [-0.2, -0.15) is 0 Å². The lowest BCUT2D eigenvalue weighted by Gasteiger charge is -2.25. The Morgan fingerprint density at radius 1 is 0.903 bits per heavy atom. The molecular formula is C25H27FN3O2+. The molecule has 1 unspecified atom stereocenters. The fraction of sp³-hybridized carbons (Fsp3) is 0.200. The van der Waals surface area contributed by atoms with Gasteiger partial charge < -0.3 is 15.5 Å². The van der Waals surface area contributed by atoms with Gasteiger partial charge in [0.15, 0.2) is 12.6 Å². The van der Waals surface area contributed by atoms with E-state index in [4.69, 9.17) is 0 Å². The minimum Gasteiger partial charge on any atom is -0.340 e. The third kappa shape index (κ3) is 6.23. The predicted molar refractivity (Wildman–Crippen MR) is 119 cm³/mol. The molecule has 0 aromatic heterocycles. The maximum atomic E-state index is 13.3. The first-order valence-electron chi connectivity index (χ1n) is 10.2. The summed E-state index contributed by atoms with van der Waals surface area (Å²) in [7, 11) is 1.79. The number of hydrogen-bond donors (Lipinski definition) is 3. The van der Waals surface area contributed by atoms with Crippen molar-refractivity contribution in [1.82, 2.24) is 5.32 Å². The zero-order chi connectivity index (χ0) is 22.2. The molecule has 31 heavy (non-hydrogen) atoms. The number of likely N-dealkylation sites (N-methyl/N-ethyl adjacent to an activating group) is 1. The molecule has 3 aromatic rings. The van der Waals surface area contributed by atoms with Gasteiger partial charge in [0.1, 0.15) is 5.82 Å². The van der Waals surface area contributed by atoms with Gasteiger partial charge in [0.25, 0.3) is 11.8 Å². The number of anilines is 1. The van der Waals surface area contributed by atoms with E-state index < -0.39 is 11.9 Å². The van der Waals surface area contributed by atoms with E-state index in [0.717, 1.165) is 16.0 Å². The molecule has 3 N–H and O–H groups in total. The third-order valence-electron chi connectivity index (χ3n) is 5.23. The maximum Gasteiger partial charge on any atom is 0.279 e. The highest BCUT2D eigenvalue weighted by Gasteiger charge is 2.27. The highest BCUT2D eigenvalue weighted by Crippen LogP contribution is 2.21. The van der Waals surface area contributed by atoms with Crippen molar-refractivity contribution in [1.29, 1.82) is 0 Å². The molecule has 3 aromatic carbocycles. The van der Waals surface area contributed by atoms with Gasteiger partial charge >= 0.3 is 0 Å². The molecule has 0 aliphatic rings. The third-order valence-corrected chi connectivity index (χ3v) is 5.23. The van der Waals surface area contributed by atoms with Crippen LogP contribution in [0.3, 0.4) is 0 Å². The van der Waals surface area contributed by atoms with Gasteiger partial charge in [-0.05, 0) is 36.2 Å². The van der Waals surface area contributed by atoms with E-state index in [1.807, 2.05) is 60.7 Å². The number of carbonyl (C=O) groups excluding carboxylic acids is 2. The first-order chi connectivity index (χ1) is 14.9. The smallest absolute Gasteiger partial charge is 0.279 e. The average Bonchev–Trinajstić information content (AvgIpc) is 2.77. The molecule has 2 amide bonds. The van der Waals surface area contributed by atoms with Crippen molar-refractivity contribution < 1.29 is 18.9 Å². The number of quaternary nitrogens is 1. The standard InChI is InChI=1S/C25H26FN3O2/c1-18(29(2)17-23(30)27-22-15-9-14-21(26)16-22)25(31)28-24(19-10-5-3-6-11-19)20-12-7-4-8-13-20/h3-16,18,24H,17H2,1-2H3,(H,27,30)(H,28,31)/p+1/t18-/m1/s1. The Hall–Kier alpha value is -3.51. The molecule has 0 radical (unpaired) electrons. The van der Waals surface area contributed by atoms with Crippen LogP contribution in [0.25, 0.3) is 0 Å². The largest absolute Gasteiger partial charge is 0.340 e. The van der Waals surface area contributed by atoms with Crippen LogP contribution in [0.5, 0.6) is 0 Å². The second-order valence-electron chi connectivity index (χ2n) is 7.57. The molecule has 0 bridgehead atoms. The van der Waals surface area contributed by atoms with Crippen molar-refractivity contribution in [3.05, 3.63) is 102 Å². The van der Waals surface area contributed by atoms with Crippen molar-refractivity contribution in [3.8, 4) is 0 Å². The zero-order valence-electron chi connectivity index (χ0n) is 17.6.